The van der Waals surface area contributed by atoms with Crippen LogP contribution >= 0.6 is 11.6 Å². The van der Waals surface area contributed by atoms with Gasteiger partial charge in [0.25, 0.3) is 0 Å². The summed E-state index contributed by atoms with van der Waals surface area (Å²) in [6.07, 6.45) is 1.68. The molecule has 0 saturated carbocycles. The highest BCUT2D eigenvalue weighted by molar-refractivity contribution is 6.17. The van der Waals surface area contributed by atoms with Crippen LogP contribution in [0.3, 0.4) is 0 Å². The average Bonchev–Trinajstić information content (AvgIpc) is 1.90. The van der Waals surface area contributed by atoms with Gasteiger partial charge in [0.15, 0.2) is 0 Å². The van der Waals surface area contributed by atoms with Gasteiger partial charge in [-0.15, -0.1) is 11.6 Å². The van der Waals surface area contributed by atoms with E-state index in [1.807, 2.05) is 0 Å². The summed E-state index contributed by atoms with van der Waals surface area (Å²) in [4.78, 5) is 2.13. The third-order valence-corrected chi connectivity index (χ3v) is 2.06. The molecule has 0 aliphatic carbocycles. The van der Waals surface area contributed by atoms with Crippen molar-refractivity contribution in [2.24, 2.45) is 0 Å². The number of likely N-dealkylation sites (tertiary alicyclic amines) is 1. The van der Waals surface area contributed by atoms with Crippen LogP contribution in [0.4, 0.5) is 0 Å². The molecule has 1 saturated heterocycles. The van der Waals surface area contributed by atoms with Gasteiger partial charge in [-0.1, -0.05) is 0 Å². The number of alkyl halides is 1. The molecule has 1 aliphatic heterocycles. The van der Waals surface area contributed by atoms with Gasteiger partial charge in [0.05, 0.1) is 12.1 Å². The van der Waals surface area contributed by atoms with Crippen LogP contribution in [0.25, 0.3) is 0 Å². The van der Waals surface area contributed by atoms with Crippen molar-refractivity contribution in [1.29, 1.82) is 0 Å². The van der Waals surface area contributed by atoms with E-state index in [-0.39, 0.29) is 6.10 Å². The predicted molar refractivity (Wildman–Crippen MR) is 37.5 cm³/mol. The SMILES string of the molecule is OC1CCN(CCl)CC1. The molecule has 0 aromatic rings. The minimum atomic E-state index is -0.0792. The van der Waals surface area contributed by atoms with Gasteiger partial charge >= 0.3 is 0 Å². The lowest BCUT2D eigenvalue weighted by Gasteiger charge is -2.26. The molecule has 1 fully saturated rings. The van der Waals surface area contributed by atoms with E-state index in [9.17, 15) is 0 Å². The molecule has 0 amide bonds. The lowest BCUT2D eigenvalue weighted by molar-refractivity contribution is 0.0910. The summed E-state index contributed by atoms with van der Waals surface area (Å²) < 4.78 is 0. The van der Waals surface area contributed by atoms with Crippen LogP contribution in [0.2, 0.25) is 0 Å². The fourth-order valence-corrected chi connectivity index (χ4v) is 1.28. The minimum Gasteiger partial charge on any atom is -0.393 e. The van der Waals surface area contributed by atoms with Crippen LogP contribution < -0.4 is 0 Å². The minimum absolute atomic E-state index is 0.0792. The van der Waals surface area contributed by atoms with Gasteiger partial charge in [0.2, 0.25) is 0 Å². The normalized spacial score (nSPS) is 24.7. The number of hydrogen-bond acceptors (Lipinski definition) is 2. The van der Waals surface area contributed by atoms with Gasteiger partial charge in [-0.25, -0.2) is 0 Å². The highest BCUT2D eigenvalue weighted by Crippen LogP contribution is 2.09. The average molecular weight is 150 g/mol. The van der Waals surface area contributed by atoms with Gasteiger partial charge in [-0.05, 0) is 12.8 Å². The van der Waals surface area contributed by atoms with Crippen LogP contribution in [0.15, 0.2) is 0 Å². The molecule has 1 heterocycles. The van der Waals surface area contributed by atoms with Crippen molar-refractivity contribution in [3.63, 3.8) is 0 Å². The molecule has 1 aliphatic rings. The summed E-state index contributed by atoms with van der Waals surface area (Å²) in [6.45, 7) is 1.90. The largest absolute Gasteiger partial charge is 0.393 e. The standard InChI is InChI=1S/C6H12ClNO/c7-5-8-3-1-6(9)2-4-8/h6,9H,1-5H2. The molecule has 1 N–H and O–H groups in total. The molecule has 2 nitrogen and oxygen atoms in total. The monoisotopic (exact) mass is 149 g/mol. The van der Waals surface area contributed by atoms with Crippen molar-refractivity contribution in [2.75, 3.05) is 19.1 Å². The Hall–Kier alpha value is 0.210. The number of nitrogens with zero attached hydrogens (tertiary/aromatic N) is 1. The summed E-state index contributed by atoms with van der Waals surface area (Å²) in [6, 6.07) is 0.604. The van der Waals surface area contributed by atoms with Gasteiger partial charge in [-0.3, -0.25) is 4.90 Å². The Morgan fingerprint density at radius 2 is 2.00 bits per heavy atom. The Kier molecular flexibility index (Phi) is 2.76. The van der Waals surface area contributed by atoms with Crippen molar-refractivity contribution < 1.29 is 5.11 Å². The smallest absolute Gasteiger partial charge is 0.0738 e. The highest BCUT2D eigenvalue weighted by atomic mass is 35.5. The maximum Gasteiger partial charge on any atom is 0.0738 e. The number of halogens is 1. The Bertz CT molecular complexity index is 81.1. The summed E-state index contributed by atoms with van der Waals surface area (Å²) in [7, 11) is 0. The molecule has 0 unspecified atom stereocenters. The zero-order valence-corrected chi connectivity index (χ0v) is 6.14. The Morgan fingerprint density at radius 1 is 1.44 bits per heavy atom. The van der Waals surface area contributed by atoms with Crippen LogP contribution in [0.1, 0.15) is 12.8 Å². The lowest BCUT2D eigenvalue weighted by atomic mass is 10.1. The Balaban J connectivity index is 2.18. The maximum absolute atomic E-state index is 9.05. The molecule has 1 rings (SSSR count). The summed E-state index contributed by atoms with van der Waals surface area (Å²) in [5.74, 6) is 0. The molecule has 3 heteroatoms. The van der Waals surface area contributed by atoms with Crippen molar-refractivity contribution in [3.05, 3.63) is 0 Å². The third kappa shape index (κ3) is 2.12. The lowest BCUT2D eigenvalue weighted by Crippen LogP contribution is -2.34. The molecule has 0 radical (unpaired) electrons. The predicted octanol–water partition coefficient (Wildman–Crippen LogP) is 0.639. The first-order chi connectivity index (χ1) is 4.33. The summed E-state index contributed by atoms with van der Waals surface area (Å²) in [5.41, 5.74) is 0. The van der Waals surface area contributed by atoms with E-state index in [0.717, 1.165) is 25.9 Å². The zero-order valence-electron chi connectivity index (χ0n) is 5.39. The molecule has 0 aromatic heterocycles. The molecular weight excluding hydrogens is 138 g/mol. The van der Waals surface area contributed by atoms with E-state index in [1.165, 1.54) is 0 Å². The first kappa shape index (κ1) is 7.32. The van der Waals surface area contributed by atoms with E-state index in [0.29, 0.717) is 6.00 Å². The number of hydrogen-bond donors (Lipinski definition) is 1. The third-order valence-electron chi connectivity index (χ3n) is 1.73. The topological polar surface area (TPSA) is 23.5 Å². The van der Waals surface area contributed by atoms with E-state index in [4.69, 9.17) is 16.7 Å². The highest BCUT2D eigenvalue weighted by Gasteiger charge is 2.14. The molecule has 54 valence electrons. The molecule has 9 heavy (non-hydrogen) atoms. The van der Waals surface area contributed by atoms with Crippen LogP contribution in [-0.2, 0) is 0 Å². The zero-order chi connectivity index (χ0) is 6.69. The van der Waals surface area contributed by atoms with Gasteiger partial charge in [0, 0.05) is 13.1 Å². The molecule has 0 spiro atoms. The van der Waals surface area contributed by atoms with Gasteiger partial charge < -0.3 is 5.11 Å². The van der Waals surface area contributed by atoms with E-state index >= 15 is 0 Å². The maximum atomic E-state index is 9.05. The second kappa shape index (κ2) is 3.40. The van der Waals surface area contributed by atoms with Crippen molar-refractivity contribution >= 4 is 11.6 Å². The Labute approximate surface area is 60.4 Å². The second-order valence-corrected chi connectivity index (χ2v) is 2.71. The van der Waals surface area contributed by atoms with Crippen LogP contribution in [-0.4, -0.2) is 35.2 Å². The summed E-state index contributed by atoms with van der Waals surface area (Å²) in [5, 5.41) is 9.05. The van der Waals surface area contributed by atoms with E-state index in [1.54, 1.807) is 0 Å². The van der Waals surface area contributed by atoms with E-state index in [2.05, 4.69) is 4.90 Å². The fraction of sp³-hybridized carbons (Fsp3) is 1.00. The van der Waals surface area contributed by atoms with Crippen molar-refractivity contribution in [1.82, 2.24) is 4.90 Å². The summed E-state index contributed by atoms with van der Waals surface area (Å²) >= 11 is 5.57. The van der Waals surface area contributed by atoms with Crippen LogP contribution in [0, 0.1) is 0 Å². The van der Waals surface area contributed by atoms with Gasteiger partial charge in [-0.2, -0.15) is 0 Å². The van der Waals surface area contributed by atoms with Gasteiger partial charge in [0.1, 0.15) is 0 Å². The van der Waals surface area contributed by atoms with Crippen LogP contribution in [0.5, 0.6) is 0 Å². The fourth-order valence-electron chi connectivity index (χ4n) is 1.04. The Morgan fingerprint density at radius 3 is 2.44 bits per heavy atom. The molecular formula is C6H12ClNO. The number of aliphatic hydroxyl groups is 1. The molecule has 0 atom stereocenters. The first-order valence-electron chi connectivity index (χ1n) is 3.29. The van der Waals surface area contributed by atoms with E-state index < -0.39 is 0 Å². The van der Waals surface area contributed by atoms with Crippen molar-refractivity contribution in [3.8, 4) is 0 Å². The first-order valence-corrected chi connectivity index (χ1v) is 3.83. The number of rotatable bonds is 1. The molecule has 0 bridgehead atoms. The second-order valence-electron chi connectivity index (χ2n) is 2.47. The quantitative estimate of drug-likeness (QED) is 0.437. The van der Waals surface area contributed by atoms with Crippen molar-refractivity contribution in [2.45, 2.75) is 18.9 Å². The molecule has 0 aromatic carbocycles. The number of aliphatic hydroxyl groups excluding tert-OH is 1. The number of piperidine rings is 1.